The maximum atomic E-state index is 12.4. The second-order valence-corrected chi connectivity index (χ2v) is 7.81. The van der Waals surface area contributed by atoms with E-state index in [1.54, 1.807) is 0 Å². The van der Waals surface area contributed by atoms with Crippen molar-refractivity contribution in [1.29, 1.82) is 0 Å². The normalized spacial score (nSPS) is 18.9. The highest BCUT2D eigenvalue weighted by Gasteiger charge is 2.35. The Morgan fingerprint density at radius 3 is 2.65 bits per heavy atom. The Hall–Kier alpha value is -0.0700. The highest BCUT2D eigenvalue weighted by molar-refractivity contribution is 14.1. The van der Waals surface area contributed by atoms with Crippen LogP contribution in [0.25, 0.3) is 0 Å². The van der Waals surface area contributed by atoms with Crippen molar-refractivity contribution in [3.63, 3.8) is 0 Å². The standard InChI is InChI=1S/C13H16IO2S/c1-10(17-8-6-16-7-9-17)13(15)11-4-2-3-5-12(11)14/h2-5,10H,6-9H2,1H3/q+1. The van der Waals surface area contributed by atoms with Crippen molar-refractivity contribution in [3.05, 3.63) is 33.4 Å². The lowest BCUT2D eigenvalue weighted by Gasteiger charge is -2.19. The second-order valence-electron chi connectivity index (χ2n) is 4.04. The smallest absolute Gasteiger partial charge is 0.215 e. The Balaban J connectivity index is 2.11. The summed E-state index contributed by atoms with van der Waals surface area (Å²) in [6.45, 7) is 3.69. The maximum Gasteiger partial charge on any atom is 0.215 e. The molecular weight excluding hydrogens is 347 g/mol. The van der Waals surface area contributed by atoms with Crippen LogP contribution in [0.15, 0.2) is 24.3 Å². The molecule has 1 fully saturated rings. The molecule has 0 spiro atoms. The third kappa shape index (κ3) is 3.23. The fourth-order valence-electron chi connectivity index (χ4n) is 1.92. The van der Waals surface area contributed by atoms with E-state index in [-0.39, 0.29) is 16.1 Å². The Labute approximate surface area is 119 Å². The van der Waals surface area contributed by atoms with Gasteiger partial charge in [-0.3, -0.25) is 4.79 Å². The van der Waals surface area contributed by atoms with E-state index in [1.165, 1.54) is 0 Å². The minimum Gasteiger partial charge on any atom is -0.372 e. The largest absolute Gasteiger partial charge is 0.372 e. The van der Waals surface area contributed by atoms with E-state index in [2.05, 4.69) is 29.5 Å². The van der Waals surface area contributed by atoms with Crippen molar-refractivity contribution in [2.75, 3.05) is 24.7 Å². The lowest BCUT2D eigenvalue weighted by Crippen LogP contribution is -2.38. The summed E-state index contributed by atoms with van der Waals surface area (Å²) in [6, 6.07) is 7.84. The number of hydrogen-bond donors (Lipinski definition) is 0. The first-order chi connectivity index (χ1) is 8.20. The minimum atomic E-state index is 0.134. The van der Waals surface area contributed by atoms with Gasteiger partial charge in [-0.25, -0.2) is 0 Å². The molecule has 2 nitrogen and oxygen atoms in total. The quantitative estimate of drug-likeness (QED) is 0.469. The summed E-state index contributed by atoms with van der Waals surface area (Å²) < 4.78 is 6.41. The first kappa shape index (κ1) is 13.4. The van der Waals surface area contributed by atoms with Gasteiger partial charge in [0.05, 0.1) is 13.2 Å². The highest BCUT2D eigenvalue weighted by Crippen LogP contribution is 2.19. The summed E-state index contributed by atoms with van der Waals surface area (Å²) >= 11 is 2.24. The van der Waals surface area contributed by atoms with Gasteiger partial charge in [0.2, 0.25) is 5.78 Å². The fraction of sp³-hybridized carbons (Fsp3) is 0.462. The number of hydrogen-bond acceptors (Lipinski definition) is 2. The van der Waals surface area contributed by atoms with Crippen LogP contribution in [0.1, 0.15) is 17.3 Å². The van der Waals surface area contributed by atoms with E-state index < -0.39 is 0 Å². The van der Waals surface area contributed by atoms with E-state index in [0.29, 0.717) is 5.78 Å². The Kier molecular flexibility index (Phi) is 4.87. The zero-order valence-corrected chi connectivity index (χ0v) is 12.8. The molecule has 92 valence electrons. The molecule has 4 heteroatoms. The van der Waals surface area contributed by atoms with Gasteiger partial charge in [0.15, 0.2) is 5.25 Å². The van der Waals surface area contributed by atoms with Gasteiger partial charge in [0.25, 0.3) is 0 Å². The predicted molar refractivity (Wildman–Crippen MR) is 80.9 cm³/mol. The van der Waals surface area contributed by atoms with Crippen LogP contribution in [0.5, 0.6) is 0 Å². The van der Waals surface area contributed by atoms with Crippen LogP contribution < -0.4 is 0 Å². The van der Waals surface area contributed by atoms with Gasteiger partial charge in [-0.2, -0.15) is 0 Å². The average molecular weight is 363 g/mol. The number of ether oxygens (including phenoxy) is 1. The highest BCUT2D eigenvalue weighted by atomic mass is 127. The molecule has 0 aromatic heterocycles. The maximum absolute atomic E-state index is 12.4. The van der Waals surface area contributed by atoms with Crippen LogP contribution in [0.3, 0.4) is 0 Å². The summed E-state index contributed by atoms with van der Waals surface area (Å²) in [6.07, 6.45) is 0. The molecule has 1 heterocycles. The number of rotatable bonds is 3. The summed E-state index contributed by atoms with van der Waals surface area (Å²) in [4.78, 5) is 12.4. The first-order valence-electron chi connectivity index (χ1n) is 5.73. The molecule has 0 amide bonds. The Morgan fingerprint density at radius 1 is 1.35 bits per heavy atom. The van der Waals surface area contributed by atoms with Crippen molar-refractivity contribution >= 4 is 39.3 Å². The molecule has 2 rings (SSSR count). The zero-order valence-electron chi connectivity index (χ0n) is 9.82. The number of benzene rings is 1. The minimum absolute atomic E-state index is 0.134. The fourth-order valence-corrected chi connectivity index (χ4v) is 4.58. The number of carbonyl (C=O) groups is 1. The second kappa shape index (κ2) is 6.20. The molecule has 0 N–H and O–H groups in total. The third-order valence-electron chi connectivity index (χ3n) is 2.99. The topological polar surface area (TPSA) is 26.3 Å². The van der Waals surface area contributed by atoms with Gasteiger partial charge >= 0.3 is 0 Å². The summed E-state index contributed by atoms with van der Waals surface area (Å²) in [7, 11) is 0.194. The van der Waals surface area contributed by atoms with Crippen LogP contribution in [0.2, 0.25) is 0 Å². The first-order valence-corrected chi connectivity index (χ1v) is 8.43. The molecule has 1 aromatic rings. The van der Waals surface area contributed by atoms with Gasteiger partial charge in [-0.05, 0) is 35.6 Å². The van der Waals surface area contributed by atoms with E-state index in [9.17, 15) is 4.79 Å². The van der Waals surface area contributed by atoms with Crippen LogP contribution in [-0.4, -0.2) is 35.8 Å². The Bertz CT molecular complexity index is 402. The molecule has 0 aliphatic carbocycles. The third-order valence-corrected chi connectivity index (χ3v) is 6.53. The molecule has 0 bridgehead atoms. The molecule has 1 atom stereocenters. The number of ketones is 1. The Morgan fingerprint density at radius 2 is 2.00 bits per heavy atom. The van der Waals surface area contributed by atoms with Crippen LogP contribution in [-0.2, 0) is 15.6 Å². The van der Waals surface area contributed by atoms with E-state index >= 15 is 0 Å². The molecule has 1 aliphatic rings. The van der Waals surface area contributed by atoms with Crippen molar-refractivity contribution in [3.8, 4) is 0 Å². The number of carbonyl (C=O) groups excluding carboxylic acids is 1. The molecule has 1 aliphatic heterocycles. The van der Waals surface area contributed by atoms with E-state index in [1.807, 2.05) is 24.3 Å². The molecule has 17 heavy (non-hydrogen) atoms. The molecular formula is C13H16IO2S+. The summed E-state index contributed by atoms with van der Waals surface area (Å²) in [5, 5.41) is 0.134. The van der Waals surface area contributed by atoms with Crippen LogP contribution in [0.4, 0.5) is 0 Å². The molecule has 1 aromatic carbocycles. The zero-order chi connectivity index (χ0) is 12.3. The molecule has 1 saturated heterocycles. The monoisotopic (exact) mass is 363 g/mol. The van der Waals surface area contributed by atoms with E-state index in [0.717, 1.165) is 33.9 Å². The summed E-state index contributed by atoms with van der Waals surface area (Å²) in [5.74, 6) is 2.37. The van der Waals surface area contributed by atoms with Crippen molar-refractivity contribution in [1.82, 2.24) is 0 Å². The lowest BCUT2D eigenvalue weighted by atomic mass is 10.1. The predicted octanol–water partition coefficient (Wildman–Crippen LogP) is 2.51. The lowest BCUT2D eigenvalue weighted by molar-refractivity contribution is 0.0990. The van der Waals surface area contributed by atoms with Crippen LogP contribution in [0, 0.1) is 3.57 Å². The van der Waals surface area contributed by atoms with Gasteiger partial charge in [-0.15, -0.1) is 0 Å². The van der Waals surface area contributed by atoms with Gasteiger partial charge in [0, 0.05) is 20.0 Å². The van der Waals surface area contributed by atoms with Gasteiger partial charge in [0.1, 0.15) is 11.5 Å². The summed E-state index contributed by atoms with van der Waals surface area (Å²) in [5.41, 5.74) is 0.875. The average Bonchev–Trinajstić information content (AvgIpc) is 2.39. The molecule has 1 unspecified atom stereocenters. The number of Topliss-reactive ketones (excluding diaryl/α,β-unsaturated/α-hetero) is 1. The van der Waals surface area contributed by atoms with Crippen LogP contribution >= 0.6 is 22.6 Å². The van der Waals surface area contributed by atoms with Gasteiger partial charge < -0.3 is 4.74 Å². The SMILES string of the molecule is CC(C(=O)c1ccccc1I)[S+]1CCOCC1. The molecule has 0 radical (unpaired) electrons. The van der Waals surface area contributed by atoms with Crippen molar-refractivity contribution < 1.29 is 9.53 Å². The van der Waals surface area contributed by atoms with Crippen molar-refractivity contribution in [2.24, 2.45) is 0 Å². The van der Waals surface area contributed by atoms with Crippen molar-refractivity contribution in [2.45, 2.75) is 12.2 Å². The van der Waals surface area contributed by atoms with Gasteiger partial charge in [-0.1, -0.05) is 18.2 Å². The molecule has 0 saturated carbocycles. The number of halogens is 1. The van der Waals surface area contributed by atoms with E-state index in [4.69, 9.17) is 4.74 Å².